The quantitative estimate of drug-likeness (QED) is 0.399. The normalized spacial score (nSPS) is 12.4. The summed E-state index contributed by atoms with van der Waals surface area (Å²) in [6.45, 7) is 0. The molecular formula is C24H23F3O2. The first-order valence-corrected chi connectivity index (χ1v) is 9.48. The maximum absolute atomic E-state index is 13.6. The van der Waals surface area contributed by atoms with Crippen LogP contribution < -0.4 is 9.47 Å². The maximum Gasteiger partial charge on any atom is 0.395 e. The number of halogens is 3. The fourth-order valence-electron chi connectivity index (χ4n) is 3.25. The minimum atomic E-state index is -4.28. The van der Waals surface area contributed by atoms with Crippen LogP contribution in [0.5, 0.6) is 17.2 Å². The monoisotopic (exact) mass is 400 g/mol. The van der Waals surface area contributed by atoms with Crippen LogP contribution in [0, 0.1) is 0 Å². The van der Waals surface area contributed by atoms with E-state index in [1.165, 1.54) is 19.2 Å². The van der Waals surface area contributed by atoms with Gasteiger partial charge >= 0.3 is 6.18 Å². The van der Waals surface area contributed by atoms with E-state index >= 15 is 0 Å². The number of ether oxygens (including phenoxy) is 2. The summed E-state index contributed by atoms with van der Waals surface area (Å²) in [5.41, 5.74) is 1.22. The molecule has 1 unspecified atom stereocenters. The van der Waals surface area contributed by atoms with Crippen LogP contribution in [0.15, 0.2) is 78.9 Å². The van der Waals surface area contributed by atoms with Crippen LogP contribution in [0.3, 0.4) is 0 Å². The van der Waals surface area contributed by atoms with Gasteiger partial charge in [0, 0.05) is 0 Å². The molecule has 0 fully saturated rings. The molecule has 0 aliphatic rings. The van der Waals surface area contributed by atoms with Gasteiger partial charge in [0.15, 0.2) is 0 Å². The number of alkyl halides is 3. The van der Waals surface area contributed by atoms with Crippen molar-refractivity contribution < 1.29 is 22.6 Å². The smallest absolute Gasteiger partial charge is 0.395 e. The number of rotatable bonds is 8. The van der Waals surface area contributed by atoms with Crippen LogP contribution in [-0.4, -0.2) is 13.3 Å². The molecule has 152 valence electrons. The molecule has 5 heteroatoms. The fraction of sp³-hybridized carbons (Fsp3) is 0.250. The number of methoxy groups -OCH3 is 1. The molecule has 3 rings (SSSR count). The first-order valence-electron chi connectivity index (χ1n) is 9.48. The molecule has 0 saturated carbocycles. The summed E-state index contributed by atoms with van der Waals surface area (Å²) >= 11 is 0. The van der Waals surface area contributed by atoms with Crippen molar-refractivity contribution in [2.24, 2.45) is 0 Å². The number of hydrogen-bond donors (Lipinski definition) is 0. The molecule has 0 aliphatic heterocycles. The Morgan fingerprint density at radius 3 is 2.14 bits per heavy atom. The summed E-state index contributed by atoms with van der Waals surface area (Å²) in [5.74, 6) is 0.458. The number of para-hydroxylation sites is 1. The highest BCUT2D eigenvalue weighted by Gasteiger charge is 2.40. The summed E-state index contributed by atoms with van der Waals surface area (Å²) in [6.07, 6.45) is -3.29. The van der Waals surface area contributed by atoms with Crippen molar-refractivity contribution in [3.8, 4) is 17.2 Å². The van der Waals surface area contributed by atoms with Crippen molar-refractivity contribution >= 4 is 0 Å². The third-order valence-corrected chi connectivity index (χ3v) is 4.75. The minimum absolute atomic E-state index is 0.0274. The highest BCUT2D eigenvalue weighted by molar-refractivity contribution is 5.34. The van der Waals surface area contributed by atoms with Crippen LogP contribution in [0.4, 0.5) is 13.2 Å². The molecule has 0 aromatic heterocycles. The van der Waals surface area contributed by atoms with Crippen molar-refractivity contribution in [3.63, 3.8) is 0 Å². The van der Waals surface area contributed by atoms with Crippen molar-refractivity contribution in [2.75, 3.05) is 7.11 Å². The van der Waals surface area contributed by atoms with E-state index in [0.29, 0.717) is 24.3 Å². The molecule has 0 saturated heterocycles. The zero-order valence-electron chi connectivity index (χ0n) is 16.2. The average molecular weight is 400 g/mol. The molecule has 3 aromatic rings. The van der Waals surface area contributed by atoms with E-state index in [1.54, 1.807) is 12.1 Å². The third-order valence-electron chi connectivity index (χ3n) is 4.75. The van der Waals surface area contributed by atoms with Gasteiger partial charge in [0.25, 0.3) is 0 Å². The maximum atomic E-state index is 13.6. The van der Waals surface area contributed by atoms with Gasteiger partial charge in [-0.2, -0.15) is 13.2 Å². The summed E-state index contributed by atoms with van der Waals surface area (Å²) < 4.78 is 51.5. The second kappa shape index (κ2) is 9.50. The topological polar surface area (TPSA) is 18.5 Å². The number of aryl methyl sites for hydroxylation is 1. The van der Waals surface area contributed by atoms with Gasteiger partial charge in [0.2, 0.25) is 0 Å². The van der Waals surface area contributed by atoms with Crippen LogP contribution in [0.1, 0.15) is 29.9 Å². The van der Waals surface area contributed by atoms with Crippen molar-refractivity contribution in [2.45, 2.75) is 31.4 Å². The second-order valence-electron chi connectivity index (χ2n) is 6.82. The molecule has 0 N–H and O–H groups in total. The molecule has 2 nitrogen and oxygen atoms in total. The van der Waals surface area contributed by atoms with E-state index in [0.717, 1.165) is 11.3 Å². The van der Waals surface area contributed by atoms with Gasteiger partial charge in [0.05, 0.1) is 13.0 Å². The Labute approximate surface area is 168 Å². The van der Waals surface area contributed by atoms with Gasteiger partial charge in [-0.1, -0.05) is 42.5 Å². The Morgan fingerprint density at radius 2 is 1.48 bits per heavy atom. The van der Waals surface area contributed by atoms with Gasteiger partial charge in [-0.3, -0.25) is 0 Å². The first-order chi connectivity index (χ1) is 14.0. The lowest BCUT2D eigenvalue weighted by molar-refractivity contribution is -0.152. The largest absolute Gasteiger partial charge is 0.497 e. The Morgan fingerprint density at radius 1 is 0.793 bits per heavy atom. The second-order valence-corrected chi connectivity index (χ2v) is 6.82. The van der Waals surface area contributed by atoms with E-state index in [2.05, 4.69) is 0 Å². The molecule has 0 bridgehead atoms. The summed E-state index contributed by atoms with van der Waals surface area (Å²) in [7, 11) is 1.49. The van der Waals surface area contributed by atoms with Crippen molar-refractivity contribution in [1.82, 2.24) is 0 Å². The zero-order chi connectivity index (χ0) is 20.7. The van der Waals surface area contributed by atoms with E-state index in [1.807, 2.05) is 54.6 Å². The third kappa shape index (κ3) is 6.01. The molecular weight excluding hydrogens is 377 g/mol. The molecule has 0 spiro atoms. The van der Waals surface area contributed by atoms with Gasteiger partial charge in [-0.25, -0.2) is 0 Å². The van der Waals surface area contributed by atoms with Crippen LogP contribution in [-0.2, 0) is 6.42 Å². The summed E-state index contributed by atoms with van der Waals surface area (Å²) in [6, 6.07) is 23.0. The predicted molar refractivity (Wildman–Crippen MR) is 108 cm³/mol. The van der Waals surface area contributed by atoms with E-state index in [-0.39, 0.29) is 12.0 Å². The Bertz CT molecular complexity index is 890. The van der Waals surface area contributed by atoms with Crippen LogP contribution in [0.25, 0.3) is 0 Å². The Kier molecular flexibility index (Phi) is 6.81. The lowest BCUT2D eigenvalue weighted by Crippen LogP contribution is -2.21. The molecule has 1 atom stereocenters. The van der Waals surface area contributed by atoms with E-state index in [9.17, 15) is 13.2 Å². The van der Waals surface area contributed by atoms with Crippen LogP contribution in [0.2, 0.25) is 0 Å². The lowest BCUT2D eigenvalue weighted by Gasteiger charge is -2.21. The van der Waals surface area contributed by atoms with Crippen LogP contribution >= 0.6 is 0 Å². The molecule has 29 heavy (non-hydrogen) atoms. The molecule has 0 radical (unpaired) electrons. The van der Waals surface area contributed by atoms with Gasteiger partial charge < -0.3 is 9.47 Å². The predicted octanol–water partition coefficient (Wildman–Crippen LogP) is 7.16. The highest BCUT2D eigenvalue weighted by Crippen LogP contribution is 2.39. The lowest BCUT2D eigenvalue weighted by atomic mass is 9.92. The van der Waals surface area contributed by atoms with E-state index < -0.39 is 12.1 Å². The zero-order valence-corrected chi connectivity index (χ0v) is 16.2. The summed E-state index contributed by atoms with van der Waals surface area (Å²) in [4.78, 5) is 0. The Hall–Kier alpha value is -2.95. The molecule has 0 aliphatic carbocycles. The van der Waals surface area contributed by atoms with E-state index in [4.69, 9.17) is 9.47 Å². The Balaban J connectivity index is 1.62. The van der Waals surface area contributed by atoms with Gasteiger partial charge in [-0.15, -0.1) is 0 Å². The highest BCUT2D eigenvalue weighted by atomic mass is 19.4. The molecule has 0 amide bonds. The van der Waals surface area contributed by atoms with Crippen molar-refractivity contribution in [3.05, 3.63) is 90.0 Å². The standard InChI is InChI=1S/C24H23F3O2/c1-28-20-15-13-19(14-16-20)23(24(25,26)27)12-6-8-18-7-5-11-22(17-18)29-21-9-3-2-4-10-21/h2-5,7,9-11,13-17,23H,6,8,12H2,1H3. The average Bonchev–Trinajstić information content (AvgIpc) is 2.71. The molecule has 3 aromatic carbocycles. The number of benzene rings is 3. The fourth-order valence-corrected chi connectivity index (χ4v) is 3.25. The minimum Gasteiger partial charge on any atom is -0.497 e. The first kappa shape index (κ1) is 20.8. The SMILES string of the molecule is COc1ccc(C(CCCc2cccc(Oc3ccccc3)c2)C(F)(F)F)cc1. The van der Waals surface area contributed by atoms with Gasteiger partial charge in [-0.05, 0) is 66.8 Å². The number of hydrogen-bond acceptors (Lipinski definition) is 2. The van der Waals surface area contributed by atoms with Gasteiger partial charge in [0.1, 0.15) is 17.2 Å². The summed E-state index contributed by atoms with van der Waals surface area (Å²) in [5, 5.41) is 0. The van der Waals surface area contributed by atoms with Crippen molar-refractivity contribution in [1.29, 1.82) is 0 Å². The molecule has 0 heterocycles.